The van der Waals surface area contributed by atoms with Crippen molar-refractivity contribution in [3.05, 3.63) is 42.0 Å². The zero-order valence-electron chi connectivity index (χ0n) is 11.8. The quantitative estimate of drug-likeness (QED) is 0.550. The van der Waals surface area contributed by atoms with Crippen LogP contribution in [0.5, 0.6) is 0 Å². The lowest BCUT2D eigenvalue weighted by molar-refractivity contribution is 0.843. The van der Waals surface area contributed by atoms with E-state index in [9.17, 15) is 0 Å². The molecule has 0 aromatic carbocycles. The molecule has 0 aliphatic rings. The van der Waals surface area contributed by atoms with Crippen LogP contribution in [-0.4, -0.2) is 21.5 Å². The van der Waals surface area contributed by atoms with Crippen molar-refractivity contribution in [2.45, 2.75) is 26.2 Å². The summed E-state index contributed by atoms with van der Waals surface area (Å²) in [6.07, 6.45) is 6.05. The second-order valence-corrected chi connectivity index (χ2v) is 4.82. The van der Waals surface area contributed by atoms with Crippen LogP contribution in [0.15, 0.2) is 30.9 Å². The average Bonchev–Trinajstić information content (AvgIpc) is 2.47. The van der Waals surface area contributed by atoms with E-state index in [1.165, 1.54) is 11.9 Å². The van der Waals surface area contributed by atoms with Crippen LogP contribution >= 0.6 is 0 Å². The molecule has 0 spiro atoms. The van der Waals surface area contributed by atoms with Gasteiger partial charge in [0.1, 0.15) is 18.0 Å². The maximum Gasteiger partial charge on any atom is 0.148 e. The largest absolute Gasteiger partial charge is 0.369 e. The van der Waals surface area contributed by atoms with Gasteiger partial charge in [0.2, 0.25) is 0 Å². The van der Waals surface area contributed by atoms with Crippen LogP contribution in [-0.2, 0) is 6.42 Å². The topological polar surface area (TPSA) is 88.8 Å². The highest BCUT2D eigenvalue weighted by Crippen LogP contribution is 2.27. The Morgan fingerprint density at radius 1 is 1.25 bits per heavy atom. The van der Waals surface area contributed by atoms with Crippen LogP contribution in [0.3, 0.4) is 0 Å². The van der Waals surface area contributed by atoms with Gasteiger partial charge in [0.25, 0.3) is 0 Å². The maximum absolute atomic E-state index is 5.50. The predicted octanol–water partition coefficient (Wildman–Crippen LogP) is 1.94. The van der Waals surface area contributed by atoms with E-state index in [0.717, 1.165) is 24.3 Å². The first-order chi connectivity index (χ1) is 9.72. The Hall–Kier alpha value is -2.21. The van der Waals surface area contributed by atoms with Gasteiger partial charge in [0, 0.05) is 24.5 Å². The molecule has 2 rings (SSSR count). The minimum absolute atomic E-state index is 0.281. The lowest BCUT2D eigenvalue weighted by Crippen LogP contribution is -2.16. The van der Waals surface area contributed by atoms with E-state index in [1.54, 1.807) is 6.20 Å². The normalized spacial score (nSPS) is 10.6. The van der Waals surface area contributed by atoms with Gasteiger partial charge < -0.3 is 10.7 Å². The zero-order valence-corrected chi connectivity index (χ0v) is 11.8. The molecule has 6 heteroatoms. The molecule has 0 aliphatic carbocycles. The fourth-order valence-corrected chi connectivity index (χ4v) is 2.07. The number of pyridine rings is 1. The molecule has 0 amide bonds. The molecule has 0 bridgehead atoms. The van der Waals surface area contributed by atoms with E-state index in [4.69, 9.17) is 5.84 Å². The number of rotatable bonds is 6. The molecule has 0 aliphatic heterocycles. The van der Waals surface area contributed by atoms with E-state index in [-0.39, 0.29) is 5.92 Å². The smallest absolute Gasteiger partial charge is 0.148 e. The minimum Gasteiger partial charge on any atom is -0.369 e. The van der Waals surface area contributed by atoms with Crippen LogP contribution in [0.1, 0.15) is 30.9 Å². The molecule has 0 atom stereocenters. The van der Waals surface area contributed by atoms with E-state index in [2.05, 4.69) is 45.6 Å². The Morgan fingerprint density at radius 2 is 2.05 bits per heavy atom. The standard InChI is InChI=1S/C14H20N6/c1-10(2)12-13(18-9-19-14(12)20-15)17-7-5-11-4-3-6-16-8-11/h3-4,6,8-10H,5,7,15H2,1-2H3,(H2,17,18,19,20). The van der Waals surface area contributed by atoms with Gasteiger partial charge in [-0.3, -0.25) is 4.98 Å². The monoisotopic (exact) mass is 272 g/mol. The zero-order chi connectivity index (χ0) is 14.4. The number of hydrazine groups is 1. The molecular formula is C14H20N6. The van der Waals surface area contributed by atoms with Crippen molar-refractivity contribution in [2.75, 3.05) is 17.3 Å². The molecule has 4 N–H and O–H groups in total. The summed E-state index contributed by atoms with van der Waals surface area (Å²) in [4.78, 5) is 12.6. The third-order valence-electron chi connectivity index (χ3n) is 3.03. The van der Waals surface area contributed by atoms with Gasteiger partial charge in [-0.15, -0.1) is 0 Å². The number of hydrogen-bond acceptors (Lipinski definition) is 6. The van der Waals surface area contributed by atoms with Crippen molar-refractivity contribution < 1.29 is 0 Å². The van der Waals surface area contributed by atoms with Gasteiger partial charge in [0.15, 0.2) is 0 Å². The van der Waals surface area contributed by atoms with E-state index < -0.39 is 0 Å². The predicted molar refractivity (Wildman–Crippen MR) is 80.4 cm³/mol. The Balaban J connectivity index is 2.06. The van der Waals surface area contributed by atoms with Crippen LogP contribution < -0.4 is 16.6 Å². The van der Waals surface area contributed by atoms with Crippen molar-refractivity contribution in [1.29, 1.82) is 0 Å². The number of nitrogens with one attached hydrogen (secondary N) is 2. The van der Waals surface area contributed by atoms with Gasteiger partial charge in [0.05, 0.1) is 0 Å². The SMILES string of the molecule is CC(C)c1c(NN)ncnc1NCCc1cccnc1. The summed E-state index contributed by atoms with van der Waals surface area (Å²) < 4.78 is 0. The molecular weight excluding hydrogens is 252 g/mol. The van der Waals surface area contributed by atoms with Gasteiger partial charge in [-0.25, -0.2) is 15.8 Å². The lowest BCUT2D eigenvalue weighted by Gasteiger charge is -2.16. The van der Waals surface area contributed by atoms with Crippen molar-refractivity contribution in [3.8, 4) is 0 Å². The number of aromatic nitrogens is 3. The van der Waals surface area contributed by atoms with E-state index >= 15 is 0 Å². The summed E-state index contributed by atoms with van der Waals surface area (Å²) in [5.41, 5.74) is 4.82. The van der Waals surface area contributed by atoms with Gasteiger partial charge in [-0.2, -0.15) is 0 Å². The van der Waals surface area contributed by atoms with Gasteiger partial charge in [-0.05, 0) is 24.0 Å². The average molecular weight is 272 g/mol. The number of anilines is 2. The fraction of sp³-hybridized carbons (Fsp3) is 0.357. The van der Waals surface area contributed by atoms with Crippen molar-refractivity contribution >= 4 is 11.6 Å². The number of nitrogen functional groups attached to an aromatic ring is 1. The Bertz CT molecular complexity index is 541. The minimum atomic E-state index is 0.281. The Labute approximate surface area is 118 Å². The molecule has 0 saturated carbocycles. The van der Waals surface area contributed by atoms with Crippen LogP contribution in [0, 0.1) is 0 Å². The number of nitrogens with zero attached hydrogens (tertiary/aromatic N) is 3. The summed E-state index contributed by atoms with van der Waals surface area (Å²) in [6.45, 7) is 4.96. The molecule has 2 heterocycles. The van der Waals surface area contributed by atoms with Crippen LogP contribution in [0.4, 0.5) is 11.6 Å². The Kier molecular flexibility index (Phi) is 4.84. The van der Waals surface area contributed by atoms with Crippen molar-refractivity contribution in [2.24, 2.45) is 5.84 Å². The maximum atomic E-state index is 5.50. The van der Waals surface area contributed by atoms with Crippen molar-refractivity contribution in [1.82, 2.24) is 15.0 Å². The molecule has 0 radical (unpaired) electrons. The molecule has 2 aromatic heterocycles. The summed E-state index contributed by atoms with van der Waals surface area (Å²) >= 11 is 0. The summed E-state index contributed by atoms with van der Waals surface area (Å²) in [5.74, 6) is 7.27. The fourth-order valence-electron chi connectivity index (χ4n) is 2.07. The van der Waals surface area contributed by atoms with Crippen LogP contribution in [0.2, 0.25) is 0 Å². The molecule has 0 fully saturated rings. The highest BCUT2D eigenvalue weighted by molar-refractivity contribution is 5.58. The molecule has 0 saturated heterocycles. The highest BCUT2D eigenvalue weighted by Gasteiger charge is 2.13. The van der Waals surface area contributed by atoms with E-state index in [1.807, 2.05) is 12.3 Å². The highest BCUT2D eigenvalue weighted by atomic mass is 15.3. The van der Waals surface area contributed by atoms with Crippen LogP contribution in [0.25, 0.3) is 0 Å². The lowest BCUT2D eigenvalue weighted by atomic mass is 10.0. The molecule has 2 aromatic rings. The Morgan fingerprint density at radius 3 is 2.70 bits per heavy atom. The third-order valence-corrected chi connectivity index (χ3v) is 3.03. The molecule has 106 valence electrons. The number of nitrogens with two attached hydrogens (primary N) is 1. The first kappa shape index (κ1) is 14.2. The molecule has 0 unspecified atom stereocenters. The van der Waals surface area contributed by atoms with Gasteiger partial charge >= 0.3 is 0 Å². The van der Waals surface area contributed by atoms with Crippen molar-refractivity contribution in [3.63, 3.8) is 0 Å². The van der Waals surface area contributed by atoms with E-state index in [0.29, 0.717) is 5.82 Å². The first-order valence-electron chi connectivity index (χ1n) is 6.66. The second-order valence-electron chi connectivity index (χ2n) is 4.82. The van der Waals surface area contributed by atoms with Gasteiger partial charge in [-0.1, -0.05) is 19.9 Å². The summed E-state index contributed by atoms with van der Waals surface area (Å²) in [6, 6.07) is 4.00. The second kappa shape index (κ2) is 6.81. The first-order valence-corrected chi connectivity index (χ1v) is 6.66. The third kappa shape index (κ3) is 3.42. The molecule has 6 nitrogen and oxygen atoms in total. The summed E-state index contributed by atoms with van der Waals surface area (Å²) in [7, 11) is 0. The molecule has 20 heavy (non-hydrogen) atoms. The summed E-state index contributed by atoms with van der Waals surface area (Å²) in [5, 5.41) is 3.34. The number of hydrogen-bond donors (Lipinski definition) is 3.